The number of hydrogen-bond donors (Lipinski definition) is 0. The Hall–Kier alpha value is -1.15. The summed E-state index contributed by atoms with van der Waals surface area (Å²) in [4.78, 5) is 4.54. The van der Waals surface area contributed by atoms with Crippen molar-refractivity contribution < 1.29 is 17.6 Å². The number of nitrogens with zero attached hydrogens (tertiary/aromatic N) is 2. The van der Waals surface area contributed by atoms with Gasteiger partial charge in [-0.05, 0) is 49.8 Å². The van der Waals surface area contributed by atoms with Gasteiger partial charge < -0.3 is 9.15 Å². The summed E-state index contributed by atoms with van der Waals surface area (Å²) in [6, 6.07) is 5.38. The number of fused-ring (bicyclic) bond motifs is 1. The molecular weight excluding hydrogens is 388 g/mol. The average molecular weight is 415 g/mol. The Kier molecular flexibility index (Phi) is 6.78. The highest BCUT2D eigenvalue weighted by Gasteiger charge is 2.30. The summed E-state index contributed by atoms with van der Waals surface area (Å²) < 4.78 is 37.8. The van der Waals surface area contributed by atoms with E-state index in [2.05, 4.69) is 11.9 Å². The maximum absolute atomic E-state index is 12.6. The zero-order valence-corrected chi connectivity index (χ0v) is 17.4. The molecule has 1 aromatic heterocycles. The van der Waals surface area contributed by atoms with Gasteiger partial charge in [-0.2, -0.15) is 0 Å². The van der Waals surface area contributed by atoms with Crippen molar-refractivity contribution in [3.63, 3.8) is 0 Å². The number of sulfonamides is 1. The Morgan fingerprint density at radius 1 is 1.33 bits per heavy atom. The first-order chi connectivity index (χ1) is 12.9. The zero-order chi connectivity index (χ0) is 19.4. The van der Waals surface area contributed by atoms with E-state index < -0.39 is 10.0 Å². The molecule has 0 unspecified atom stereocenters. The van der Waals surface area contributed by atoms with Crippen LogP contribution in [0.15, 0.2) is 22.6 Å². The molecule has 150 valence electrons. The molecule has 2 aromatic rings. The molecule has 6 nitrogen and oxygen atoms in total. The summed E-state index contributed by atoms with van der Waals surface area (Å²) in [5.74, 6) is 1.36. The molecule has 1 aliphatic rings. The van der Waals surface area contributed by atoms with E-state index in [-0.39, 0.29) is 11.7 Å². The van der Waals surface area contributed by atoms with Crippen molar-refractivity contribution in [3.8, 4) is 0 Å². The molecule has 0 spiro atoms. The van der Waals surface area contributed by atoms with Crippen molar-refractivity contribution in [1.29, 1.82) is 0 Å². The fourth-order valence-electron chi connectivity index (χ4n) is 3.42. The molecule has 1 aromatic carbocycles. The monoisotopic (exact) mass is 414 g/mol. The van der Waals surface area contributed by atoms with Gasteiger partial charge in [-0.1, -0.05) is 18.5 Å². The number of benzene rings is 1. The third kappa shape index (κ3) is 5.22. The number of hydrogen-bond acceptors (Lipinski definition) is 5. The predicted octanol–water partition coefficient (Wildman–Crippen LogP) is 4.05. The van der Waals surface area contributed by atoms with Gasteiger partial charge in [-0.3, -0.25) is 0 Å². The van der Waals surface area contributed by atoms with Gasteiger partial charge in [0.25, 0.3) is 0 Å². The van der Waals surface area contributed by atoms with E-state index in [0.29, 0.717) is 42.9 Å². The van der Waals surface area contributed by atoms with Gasteiger partial charge in [0, 0.05) is 37.7 Å². The van der Waals surface area contributed by atoms with Gasteiger partial charge in [0.1, 0.15) is 5.52 Å². The lowest BCUT2D eigenvalue weighted by molar-refractivity contribution is 0.179. The number of oxazole rings is 1. The molecule has 0 N–H and O–H groups in total. The van der Waals surface area contributed by atoms with Crippen LogP contribution >= 0.6 is 11.6 Å². The van der Waals surface area contributed by atoms with Crippen LogP contribution in [0.25, 0.3) is 11.1 Å². The van der Waals surface area contributed by atoms with Crippen LogP contribution in [0.1, 0.15) is 44.4 Å². The van der Waals surface area contributed by atoms with E-state index >= 15 is 0 Å². The largest absolute Gasteiger partial charge is 0.440 e. The smallest absolute Gasteiger partial charge is 0.214 e. The van der Waals surface area contributed by atoms with Crippen LogP contribution in [0.5, 0.6) is 0 Å². The van der Waals surface area contributed by atoms with Gasteiger partial charge in [-0.25, -0.2) is 17.7 Å². The SMILES string of the molecule is COCC[C@@H](C)CCS(=O)(=O)N1CCC(c2nc3cc(Cl)ccc3o2)CC1. The maximum atomic E-state index is 12.6. The Labute approximate surface area is 165 Å². The lowest BCUT2D eigenvalue weighted by Crippen LogP contribution is -2.39. The quantitative estimate of drug-likeness (QED) is 0.651. The Bertz CT molecular complexity index is 860. The van der Waals surface area contributed by atoms with Crippen LogP contribution in [-0.4, -0.2) is 50.3 Å². The number of ether oxygens (including phenoxy) is 1. The second-order valence-corrected chi connectivity index (χ2v) is 9.85. The predicted molar refractivity (Wildman–Crippen MR) is 107 cm³/mol. The van der Waals surface area contributed by atoms with E-state index in [1.165, 1.54) is 0 Å². The minimum Gasteiger partial charge on any atom is -0.440 e. The Morgan fingerprint density at radius 2 is 2.07 bits per heavy atom. The number of methoxy groups -OCH3 is 1. The summed E-state index contributed by atoms with van der Waals surface area (Å²) in [5.41, 5.74) is 1.46. The topological polar surface area (TPSA) is 72.6 Å². The second-order valence-electron chi connectivity index (χ2n) is 7.33. The number of rotatable bonds is 8. The van der Waals surface area contributed by atoms with Crippen LogP contribution in [0, 0.1) is 5.92 Å². The van der Waals surface area contributed by atoms with Crippen molar-refractivity contribution in [3.05, 3.63) is 29.1 Å². The van der Waals surface area contributed by atoms with Gasteiger partial charge in [-0.15, -0.1) is 0 Å². The highest BCUT2D eigenvalue weighted by molar-refractivity contribution is 7.89. The number of aromatic nitrogens is 1. The molecule has 1 aliphatic heterocycles. The first-order valence-corrected chi connectivity index (χ1v) is 11.4. The standard InChI is InChI=1S/C19H27ClN2O4S/c1-14(7-11-25-2)8-12-27(23,24)22-9-5-15(6-10-22)19-21-17-13-16(20)3-4-18(17)26-19/h3-4,13-15H,5-12H2,1-2H3/t14-/m1/s1. The van der Waals surface area contributed by atoms with Gasteiger partial charge >= 0.3 is 0 Å². The molecule has 0 radical (unpaired) electrons. The third-order valence-electron chi connectivity index (χ3n) is 5.25. The average Bonchev–Trinajstić information content (AvgIpc) is 3.08. The van der Waals surface area contributed by atoms with Crippen molar-refractivity contribution in [2.24, 2.45) is 5.92 Å². The lowest BCUT2D eigenvalue weighted by atomic mass is 9.98. The van der Waals surface area contributed by atoms with Gasteiger partial charge in [0.2, 0.25) is 10.0 Å². The van der Waals surface area contributed by atoms with Crippen LogP contribution in [-0.2, 0) is 14.8 Å². The third-order valence-corrected chi connectivity index (χ3v) is 7.38. The van der Waals surface area contributed by atoms with Crippen molar-refractivity contribution in [2.45, 2.75) is 38.5 Å². The lowest BCUT2D eigenvalue weighted by Gasteiger charge is -2.30. The molecule has 27 heavy (non-hydrogen) atoms. The summed E-state index contributed by atoms with van der Waals surface area (Å²) in [6.07, 6.45) is 2.99. The molecule has 1 saturated heterocycles. The minimum absolute atomic E-state index is 0.142. The minimum atomic E-state index is -3.22. The van der Waals surface area contributed by atoms with Crippen LogP contribution in [0.4, 0.5) is 0 Å². The fourth-order valence-corrected chi connectivity index (χ4v) is 5.31. The highest BCUT2D eigenvalue weighted by atomic mass is 35.5. The molecule has 1 fully saturated rings. The molecule has 1 atom stereocenters. The summed E-state index contributed by atoms with van der Waals surface area (Å²) in [7, 11) is -1.55. The van der Waals surface area contributed by atoms with Crippen LogP contribution < -0.4 is 0 Å². The Balaban J connectivity index is 1.55. The number of piperidine rings is 1. The normalized spacial score (nSPS) is 18.2. The first kappa shape index (κ1) is 20.6. The van der Waals surface area contributed by atoms with Crippen LogP contribution in [0.3, 0.4) is 0 Å². The van der Waals surface area contributed by atoms with E-state index in [1.54, 1.807) is 23.5 Å². The summed E-state index contributed by atoms with van der Waals surface area (Å²) in [6.45, 7) is 3.76. The molecule has 3 rings (SSSR count). The fraction of sp³-hybridized carbons (Fsp3) is 0.632. The zero-order valence-electron chi connectivity index (χ0n) is 15.9. The molecule has 0 bridgehead atoms. The van der Waals surface area contributed by atoms with Crippen molar-refractivity contribution in [1.82, 2.24) is 9.29 Å². The summed E-state index contributed by atoms with van der Waals surface area (Å²) >= 11 is 6.00. The first-order valence-electron chi connectivity index (χ1n) is 9.42. The summed E-state index contributed by atoms with van der Waals surface area (Å²) in [5, 5.41) is 0.628. The van der Waals surface area contributed by atoms with Crippen LogP contribution in [0.2, 0.25) is 5.02 Å². The van der Waals surface area contributed by atoms with E-state index in [1.807, 2.05) is 6.07 Å². The molecule has 2 heterocycles. The molecule has 0 aliphatic carbocycles. The van der Waals surface area contributed by atoms with Crippen molar-refractivity contribution in [2.75, 3.05) is 32.6 Å². The number of halogens is 1. The van der Waals surface area contributed by atoms with Crippen molar-refractivity contribution >= 4 is 32.7 Å². The van der Waals surface area contributed by atoms with Gasteiger partial charge in [0.05, 0.1) is 5.75 Å². The van der Waals surface area contributed by atoms with E-state index in [9.17, 15) is 8.42 Å². The Morgan fingerprint density at radius 3 is 2.78 bits per heavy atom. The van der Waals surface area contributed by atoms with E-state index in [0.717, 1.165) is 30.4 Å². The molecule has 8 heteroatoms. The van der Waals surface area contributed by atoms with E-state index in [4.69, 9.17) is 20.8 Å². The molecular formula is C19H27ClN2O4S. The second kappa shape index (κ2) is 8.90. The van der Waals surface area contributed by atoms with Gasteiger partial charge in [0.15, 0.2) is 11.5 Å². The molecule has 0 amide bonds. The highest BCUT2D eigenvalue weighted by Crippen LogP contribution is 2.31. The molecule has 0 saturated carbocycles. The maximum Gasteiger partial charge on any atom is 0.214 e.